The van der Waals surface area contributed by atoms with Crippen LogP contribution in [0.2, 0.25) is 0 Å². The lowest BCUT2D eigenvalue weighted by Gasteiger charge is -2.14. The molecular formula is C20H15F3O6. The van der Waals surface area contributed by atoms with Gasteiger partial charge in [-0.2, -0.15) is 13.2 Å². The number of aryl methyl sites for hydroxylation is 2. The highest BCUT2D eigenvalue weighted by Crippen LogP contribution is 2.38. The van der Waals surface area contributed by atoms with Crippen molar-refractivity contribution >= 4 is 16.9 Å². The Hall–Kier alpha value is -3.49. The summed E-state index contributed by atoms with van der Waals surface area (Å²) in [4.78, 5) is 23.3. The summed E-state index contributed by atoms with van der Waals surface area (Å²) in [6.45, 7) is 2.89. The predicted molar refractivity (Wildman–Crippen MR) is 96.6 cm³/mol. The predicted octanol–water partition coefficient (Wildman–Crippen LogP) is 4.68. The van der Waals surface area contributed by atoms with Crippen LogP contribution in [0.15, 0.2) is 45.6 Å². The lowest BCUT2D eigenvalue weighted by molar-refractivity contribution is -0.154. The van der Waals surface area contributed by atoms with E-state index in [1.165, 1.54) is 24.3 Å². The van der Waals surface area contributed by atoms with Crippen molar-refractivity contribution in [2.45, 2.75) is 20.0 Å². The van der Waals surface area contributed by atoms with E-state index in [2.05, 4.69) is 0 Å². The van der Waals surface area contributed by atoms with E-state index in [-0.39, 0.29) is 16.9 Å². The molecule has 0 saturated carbocycles. The molecule has 1 aromatic heterocycles. The Morgan fingerprint density at radius 2 is 1.76 bits per heavy atom. The third-order valence-corrected chi connectivity index (χ3v) is 4.14. The molecule has 0 bridgehead atoms. The topological polar surface area (TPSA) is 86.0 Å². The summed E-state index contributed by atoms with van der Waals surface area (Å²) in [6, 6.07) is 8.10. The van der Waals surface area contributed by atoms with E-state index in [0.29, 0.717) is 0 Å². The molecule has 0 aliphatic carbocycles. The molecule has 1 heterocycles. The number of hydrogen-bond donors (Lipinski definition) is 1. The number of carboxylic acid groups (broad SMARTS) is 1. The fourth-order valence-electron chi connectivity index (χ4n) is 2.57. The van der Waals surface area contributed by atoms with Crippen LogP contribution in [0.4, 0.5) is 13.2 Å². The van der Waals surface area contributed by atoms with Crippen LogP contribution in [0.5, 0.6) is 17.2 Å². The Bertz CT molecular complexity index is 1150. The molecule has 152 valence electrons. The molecule has 0 amide bonds. The van der Waals surface area contributed by atoms with Crippen molar-refractivity contribution in [1.82, 2.24) is 0 Å². The second kappa shape index (κ2) is 7.50. The van der Waals surface area contributed by atoms with Gasteiger partial charge in [-0.15, -0.1) is 0 Å². The van der Waals surface area contributed by atoms with Crippen molar-refractivity contribution < 1.29 is 37.0 Å². The summed E-state index contributed by atoms with van der Waals surface area (Å²) in [5, 5.41) is 8.47. The normalized spacial score (nSPS) is 11.5. The van der Waals surface area contributed by atoms with Crippen molar-refractivity contribution in [2.24, 2.45) is 0 Å². The van der Waals surface area contributed by atoms with Gasteiger partial charge in [-0.25, -0.2) is 4.79 Å². The minimum atomic E-state index is -5.00. The fraction of sp³-hybridized carbons (Fsp3) is 0.200. The lowest BCUT2D eigenvalue weighted by atomic mass is 10.1. The molecule has 3 aromatic rings. The van der Waals surface area contributed by atoms with Gasteiger partial charge in [0.25, 0.3) is 5.76 Å². The first kappa shape index (κ1) is 20.2. The molecule has 0 saturated heterocycles. The summed E-state index contributed by atoms with van der Waals surface area (Å²) in [7, 11) is 0. The molecule has 29 heavy (non-hydrogen) atoms. The summed E-state index contributed by atoms with van der Waals surface area (Å²) in [5.74, 6) is -3.83. The maximum atomic E-state index is 13.5. The zero-order chi connectivity index (χ0) is 21.3. The molecule has 3 rings (SSSR count). The molecule has 0 radical (unpaired) electrons. The van der Waals surface area contributed by atoms with Gasteiger partial charge in [0.15, 0.2) is 6.61 Å². The average Bonchev–Trinajstić information content (AvgIpc) is 2.64. The Morgan fingerprint density at radius 3 is 2.38 bits per heavy atom. The van der Waals surface area contributed by atoms with Gasteiger partial charge in [0, 0.05) is 6.07 Å². The smallest absolute Gasteiger partial charge is 0.453 e. The van der Waals surface area contributed by atoms with Gasteiger partial charge in [0.2, 0.25) is 11.2 Å². The van der Waals surface area contributed by atoms with Crippen molar-refractivity contribution in [3.05, 3.63) is 63.5 Å². The lowest BCUT2D eigenvalue weighted by Crippen LogP contribution is -2.15. The van der Waals surface area contributed by atoms with Gasteiger partial charge in [-0.05, 0) is 49.2 Å². The molecule has 0 aliphatic rings. The van der Waals surface area contributed by atoms with Crippen LogP contribution in [0.3, 0.4) is 0 Å². The highest BCUT2D eigenvalue weighted by molar-refractivity contribution is 5.80. The zero-order valence-corrected chi connectivity index (χ0v) is 15.3. The van der Waals surface area contributed by atoms with E-state index in [1.54, 1.807) is 13.0 Å². The number of fused-ring (bicyclic) bond motifs is 1. The number of carboxylic acids is 1. The van der Waals surface area contributed by atoms with Gasteiger partial charge in [-0.3, -0.25) is 4.79 Å². The molecule has 0 fully saturated rings. The number of halogens is 3. The first-order chi connectivity index (χ1) is 13.6. The molecule has 0 aliphatic heterocycles. The van der Waals surface area contributed by atoms with Crippen molar-refractivity contribution in [3.8, 4) is 17.2 Å². The fourth-order valence-corrected chi connectivity index (χ4v) is 2.57. The van der Waals surface area contributed by atoms with E-state index >= 15 is 0 Å². The number of rotatable bonds is 5. The first-order valence-corrected chi connectivity index (χ1v) is 8.34. The SMILES string of the molecule is Cc1ccc(Oc2c(C(F)(F)F)oc3cc(OCC(=O)O)ccc3c2=O)cc1C. The van der Waals surface area contributed by atoms with Crippen molar-refractivity contribution in [3.63, 3.8) is 0 Å². The first-order valence-electron chi connectivity index (χ1n) is 8.34. The Morgan fingerprint density at radius 1 is 1.07 bits per heavy atom. The molecule has 0 spiro atoms. The highest BCUT2D eigenvalue weighted by Gasteiger charge is 2.40. The Balaban J connectivity index is 2.14. The van der Waals surface area contributed by atoms with Gasteiger partial charge in [0.1, 0.15) is 17.1 Å². The number of aliphatic carboxylic acids is 1. The van der Waals surface area contributed by atoms with E-state index in [1.807, 2.05) is 6.92 Å². The van der Waals surface area contributed by atoms with Crippen LogP contribution in [-0.2, 0) is 11.0 Å². The molecule has 1 N–H and O–H groups in total. The largest absolute Gasteiger partial charge is 0.482 e. The van der Waals surface area contributed by atoms with Gasteiger partial charge in [0.05, 0.1) is 5.39 Å². The number of benzene rings is 2. The molecule has 2 aromatic carbocycles. The summed E-state index contributed by atoms with van der Waals surface area (Å²) >= 11 is 0. The van der Waals surface area contributed by atoms with Crippen LogP contribution >= 0.6 is 0 Å². The van der Waals surface area contributed by atoms with E-state index in [4.69, 9.17) is 19.0 Å². The van der Waals surface area contributed by atoms with E-state index < -0.39 is 41.3 Å². The van der Waals surface area contributed by atoms with Crippen LogP contribution in [0.25, 0.3) is 11.0 Å². The van der Waals surface area contributed by atoms with Gasteiger partial charge < -0.3 is 19.0 Å². The number of alkyl halides is 3. The molecule has 0 atom stereocenters. The minimum Gasteiger partial charge on any atom is -0.482 e. The number of hydrogen-bond acceptors (Lipinski definition) is 5. The van der Waals surface area contributed by atoms with E-state index in [9.17, 15) is 22.8 Å². The van der Waals surface area contributed by atoms with Crippen LogP contribution < -0.4 is 14.9 Å². The van der Waals surface area contributed by atoms with Crippen molar-refractivity contribution in [1.29, 1.82) is 0 Å². The molecule has 9 heteroatoms. The van der Waals surface area contributed by atoms with Gasteiger partial charge >= 0.3 is 12.1 Å². The summed E-state index contributed by atoms with van der Waals surface area (Å²) < 4.78 is 55.7. The molecule has 6 nitrogen and oxygen atoms in total. The summed E-state index contributed by atoms with van der Waals surface area (Å²) in [6.07, 6.45) is -5.00. The third-order valence-electron chi connectivity index (χ3n) is 4.14. The number of ether oxygens (including phenoxy) is 2. The van der Waals surface area contributed by atoms with Crippen LogP contribution in [-0.4, -0.2) is 17.7 Å². The monoisotopic (exact) mass is 408 g/mol. The second-order valence-corrected chi connectivity index (χ2v) is 6.28. The van der Waals surface area contributed by atoms with E-state index in [0.717, 1.165) is 17.2 Å². The highest BCUT2D eigenvalue weighted by atomic mass is 19.4. The van der Waals surface area contributed by atoms with Crippen LogP contribution in [0.1, 0.15) is 16.9 Å². The Labute approximate surface area is 162 Å². The number of carbonyl (C=O) groups is 1. The average molecular weight is 408 g/mol. The van der Waals surface area contributed by atoms with Crippen LogP contribution in [0, 0.1) is 13.8 Å². The molecule has 0 unspecified atom stereocenters. The standard InChI is InChI=1S/C20H15F3O6/c1-10-3-4-13(7-11(10)2)28-18-17(26)14-6-5-12(27-9-16(24)25)8-15(14)29-19(18)20(21,22)23/h3-8H,9H2,1-2H3,(H,24,25). The second-order valence-electron chi connectivity index (χ2n) is 6.28. The Kier molecular flexibility index (Phi) is 5.23. The minimum absolute atomic E-state index is 0.0565. The quantitative estimate of drug-likeness (QED) is 0.660. The molecular weight excluding hydrogens is 393 g/mol. The zero-order valence-electron chi connectivity index (χ0n) is 15.3. The van der Waals surface area contributed by atoms with Crippen molar-refractivity contribution in [2.75, 3.05) is 6.61 Å². The third kappa shape index (κ3) is 4.34. The maximum Gasteiger partial charge on any atom is 0.453 e. The maximum absolute atomic E-state index is 13.5. The van der Waals surface area contributed by atoms with Gasteiger partial charge in [-0.1, -0.05) is 6.07 Å². The summed E-state index contributed by atoms with van der Waals surface area (Å²) in [5.41, 5.74) is 0.272.